The van der Waals surface area contributed by atoms with E-state index in [2.05, 4.69) is 26.7 Å². The van der Waals surface area contributed by atoms with Gasteiger partial charge in [-0.3, -0.25) is 4.79 Å². The highest BCUT2D eigenvalue weighted by Crippen LogP contribution is 2.34. The lowest BCUT2D eigenvalue weighted by atomic mass is 10.1. The molecule has 0 saturated heterocycles. The minimum absolute atomic E-state index is 0.188. The number of amides is 1. The molecule has 0 saturated carbocycles. The van der Waals surface area contributed by atoms with Crippen LogP contribution < -0.4 is 20.1 Å². The first-order valence-electron chi connectivity index (χ1n) is 8.46. The van der Waals surface area contributed by atoms with Crippen molar-refractivity contribution in [3.63, 3.8) is 0 Å². The maximum Gasteiger partial charge on any atom is 0.275 e. The van der Waals surface area contributed by atoms with Gasteiger partial charge >= 0.3 is 0 Å². The molecule has 1 aliphatic rings. The Hall–Kier alpha value is -3.61. The Labute approximate surface area is 156 Å². The number of nitrogens with zero attached hydrogens (tertiary/aromatic N) is 2. The molecule has 0 atom stereocenters. The highest BCUT2D eigenvalue weighted by atomic mass is 16.7. The number of carbonyl (C=O) groups excluding carboxylic acids is 1. The van der Waals surface area contributed by atoms with Crippen LogP contribution in [0.2, 0.25) is 0 Å². The van der Waals surface area contributed by atoms with E-state index in [0.29, 0.717) is 23.0 Å². The third-order valence-corrected chi connectivity index (χ3v) is 4.16. The van der Waals surface area contributed by atoms with Crippen LogP contribution in [0.25, 0.3) is 0 Å². The first kappa shape index (κ1) is 16.8. The highest BCUT2D eigenvalue weighted by molar-refractivity contribution is 6.02. The average Bonchev–Trinajstić information content (AvgIpc) is 3.12. The summed E-state index contributed by atoms with van der Waals surface area (Å²) in [4.78, 5) is 20.8. The molecule has 27 heavy (non-hydrogen) atoms. The molecule has 0 bridgehead atoms. The standard InChI is InChI=1S/C20H18N4O3/c1-12-3-5-15(13(2)7-12)24-19-10-21-16(9-22-19)20(25)23-14-4-6-17-18(8-14)27-11-26-17/h3-10H,11H2,1-2H3,(H,22,24)(H,23,25). The van der Waals surface area contributed by atoms with Crippen molar-refractivity contribution in [2.24, 2.45) is 0 Å². The summed E-state index contributed by atoms with van der Waals surface area (Å²) >= 11 is 0. The molecule has 0 radical (unpaired) electrons. The second-order valence-corrected chi connectivity index (χ2v) is 6.25. The summed E-state index contributed by atoms with van der Waals surface area (Å²) in [6.45, 7) is 4.26. The fourth-order valence-corrected chi connectivity index (χ4v) is 2.77. The fourth-order valence-electron chi connectivity index (χ4n) is 2.77. The molecule has 0 unspecified atom stereocenters. The monoisotopic (exact) mass is 362 g/mol. The van der Waals surface area contributed by atoms with Crippen LogP contribution in [0.5, 0.6) is 11.5 Å². The summed E-state index contributed by atoms with van der Waals surface area (Å²) in [5.41, 5.74) is 4.08. The van der Waals surface area contributed by atoms with E-state index in [1.807, 2.05) is 26.0 Å². The van der Waals surface area contributed by atoms with Crippen molar-refractivity contribution < 1.29 is 14.3 Å². The Morgan fingerprint density at radius 1 is 1.00 bits per heavy atom. The van der Waals surface area contributed by atoms with E-state index in [1.54, 1.807) is 18.2 Å². The average molecular weight is 362 g/mol. The van der Waals surface area contributed by atoms with Crippen molar-refractivity contribution in [2.45, 2.75) is 13.8 Å². The van der Waals surface area contributed by atoms with Gasteiger partial charge in [0.15, 0.2) is 11.5 Å². The van der Waals surface area contributed by atoms with Crippen LogP contribution in [0, 0.1) is 13.8 Å². The van der Waals surface area contributed by atoms with Crippen LogP contribution in [-0.2, 0) is 0 Å². The molecule has 7 nitrogen and oxygen atoms in total. The Balaban J connectivity index is 1.44. The van der Waals surface area contributed by atoms with E-state index in [1.165, 1.54) is 18.0 Å². The molecular weight excluding hydrogens is 344 g/mol. The number of benzene rings is 2. The number of anilines is 3. The molecule has 0 spiro atoms. The summed E-state index contributed by atoms with van der Waals surface area (Å²) in [6, 6.07) is 11.3. The largest absolute Gasteiger partial charge is 0.454 e. The van der Waals surface area contributed by atoms with Gasteiger partial charge in [-0.05, 0) is 37.6 Å². The molecule has 136 valence electrons. The first-order valence-corrected chi connectivity index (χ1v) is 8.46. The van der Waals surface area contributed by atoms with Gasteiger partial charge in [-0.25, -0.2) is 9.97 Å². The number of aryl methyl sites for hydroxylation is 2. The van der Waals surface area contributed by atoms with Gasteiger partial charge in [0, 0.05) is 17.4 Å². The number of carbonyl (C=O) groups is 1. The minimum Gasteiger partial charge on any atom is -0.454 e. The molecule has 1 amide bonds. The second kappa shape index (κ2) is 6.95. The molecule has 4 rings (SSSR count). The molecule has 0 fully saturated rings. The van der Waals surface area contributed by atoms with Gasteiger partial charge in [0.1, 0.15) is 11.5 Å². The topological polar surface area (TPSA) is 85.4 Å². The normalized spacial score (nSPS) is 11.9. The predicted molar refractivity (Wildman–Crippen MR) is 102 cm³/mol. The lowest BCUT2D eigenvalue weighted by molar-refractivity contribution is 0.102. The molecule has 1 aliphatic heterocycles. The fraction of sp³-hybridized carbons (Fsp3) is 0.150. The number of hydrogen-bond acceptors (Lipinski definition) is 6. The van der Waals surface area contributed by atoms with E-state index in [0.717, 1.165) is 11.3 Å². The molecule has 7 heteroatoms. The molecule has 2 N–H and O–H groups in total. The van der Waals surface area contributed by atoms with E-state index in [4.69, 9.17) is 9.47 Å². The van der Waals surface area contributed by atoms with Crippen LogP contribution in [-0.4, -0.2) is 22.7 Å². The van der Waals surface area contributed by atoms with Gasteiger partial charge in [0.05, 0.1) is 12.4 Å². The van der Waals surface area contributed by atoms with Crippen molar-refractivity contribution in [3.8, 4) is 11.5 Å². The second-order valence-electron chi connectivity index (χ2n) is 6.25. The molecule has 2 aromatic carbocycles. The smallest absolute Gasteiger partial charge is 0.275 e. The first-order chi connectivity index (χ1) is 13.1. The zero-order chi connectivity index (χ0) is 18.8. The van der Waals surface area contributed by atoms with Crippen LogP contribution in [0.4, 0.5) is 17.2 Å². The number of hydrogen-bond donors (Lipinski definition) is 2. The molecule has 0 aliphatic carbocycles. The number of aromatic nitrogens is 2. The molecule has 3 aromatic rings. The Morgan fingerprint density at radius 2 is 1.85 bits per heavy atom. The summed E-state index contributed by atoms with van der Waals surface area (Å²) in [7, 11) is 0. The van der Waals surface area contributed by atoms with Crippen molar-refractivity contribution in [3.05, 3.63) is 65.6 Å². The van der Waals surface area contributed by atoms with Crippen LogP contribution in [0.15, 0.2) is 48.8 Å². The number of rotatable bonds is 4. The van der Waals surface area contributed by atoms with Gasteiger partial charge < -0.3 is 20.1 Å². The van der Waals surface area contributed by atoms with Gasteiger partial charge in [0.2, 0.25) is 6.79 Å². The molecular formula is C20H18N4O3. The Morgan fingerprint density at radius 3 is 2.63 bits per heavy atom. The summed E-state index contributed by atoms with van der Waals surface area (Å²) in [6.07, 6.45) is 2.97. The lowest BCUT2D eigenvalue weighted by Gasteiger charge is -2.10. The number of fused-ring (bicyclic) bond motifs is 1. The maximum absolute atomic E-state index is 12.4. The van der Waals surface area contributed by atoms with Crippen molar-refractivity contribution in [2.75, 3.05) is 17.4 Å². The van der Waals surface area contributed by atoms with E-state index in [-0.39, 0.29) is 18.4 Å². The number of nitrogens with one attached hydrogen (secondary N) is 2. The lowest BCUT2D eigenvalue weighted by Crippen LogP contribution is -2.14. The summed E-state index contributed by atoms with van der Waals surface area (Å²) < 4.78 is 10.6. The predicted octanol–water partition coefficient (Wildman–Crippen LogP) is 3.82. The Kier molecular flexibility index (Phi) is 4.33. The quantitative estimate of drug-likeness (QED) is 0.734. The third kappa shape index (κ3) is 3.67. The van der Waals surface area contributed by atoms with E-state index >= 15 is 0 Å². The summed E-state index contributed by atoms with van der Waals surface area (Å²) in [5.74, 6) is 1.49. The van der Waals surface area contributed by atoms with Crippen LogP contribution in [0.1, 0.15) is 21.6 Å². The highest BCUT2D eigenvalue weighted by Gasteiger charge is 2.15. The van der Waals surface area contributed by atoms with E-state index < -0.39 is 0 Å². The minimum atomic E-state index is -0.348. The van der Waals surface area contributed by atoms with Crippen LogP contribution in [0.3, 0.4) is 0 Å². The van der Waals surface area contributed by atoms with Crippen molar-refractivity contribution >= 4 is 23.1 Å². The van der Waals surface area contributed by atoms with Crippen molar-refractivity contribution in [1.82, 2.24) is 9.97 Å². The Bertz CT molecular complexity index is 1000. The SMILES string of the molecule is Cc1ccc(Nc2cnc(C(=O)Nc3ccc4c(c3)OCO4)cn2)c(C)c1. The van der Waals surface area contributed by atoms with Crippen LogP contribution >= 0.6 is 0 Å². The molecule has 1 aromatic heterocycles. The van der Waals surface area contributed by atoms with Gasteiger partial charge in [-0.1, -0.05) is 17.7 Å². The van der Waals surface area contributed by atoms with Gasteiger partial charge in [-0.2, -0.15) is 0 Å². The molecule has 2 heterocycles. The zero-order valence-electron chi connectivity index (χ0n) is 14.9. The van der Waals surface area contributed by atoms with E-state index in [9.17, 15) is 4.79 Å². The maximum atomic E-state index is 12.4. The van der Waals surface area contributed by atoms with Gasteiger partial charge in [0.25, 0.3) is 5.91 Å². The van der Waals surface area contributed by atoms with Crippen molar-refractivity contribution in [1.29, 1.82) is 0 Å². The van der Waals surface area contributed by atoms with Gasteiger partial charge in [-0.15, -0.1) is 0 Å². The zero-order valence-corrected chi connectivity index (χ0v) is 14.9. The number of ether oxygens (including phenoxy) is 2. The summed E-state index contributed by atoms with van der Waals surface area (Å²) in [5, 5.41) is 5.98. The third-order valence-electron chi connectivity index (χ3n) is 4.16.